The predicted molar refractivity (Wildman–Crippen MR) is 84.2 cm³/mol. The first-order chi connectivity index (χ1) is 10.6. The molecule has 2 fully saturated rings. The van der Waals surface area contributed by atoms with Crippen molar-refractivity contribution in [2.24, 2.45) is 11.8 Å². The van der Waals surface area contributed by atoms with Gasteiger partial charge >= 0.3 is 0 Å². The largest absolute Gasteiger partial charge is 0.360 e. The maximum Gasteiger partial charge on any atom is 0.225 e. The van der Waals surface area contributed by atoms with E-state index in [2.05, 4.69) is 10.1 Å². The molecule has 3 rings (SSSR count). The Kier molecular flexibility index (Phi) is 4.81. The van der Waals surface area contributed by atoms with Gasteiger partial charge < -0.3 is 9.42 Å². The minimum atomic E-state index is 0.319. The van der Waals surface area contributed by atoms with E-state index in [0.29, 0.717) is 17.7 Å². The van der Waals surface area contributed by atoms with Crippen LogP contribution >= 0.6 is 0 Å². The van der Waals surface area contributed by atoms with Gasteiger partial charge in [0, 0.05) is 25.6 Å². The molecule has 1 amide bonds. The van der Waals surface area contributed by atoms with Crippen LogP contribution in [-0.2, 0) is 11.3 Å². The molecule has 0 N–H and O–H groups in total. The molecular weight excluding hydrogens is 278 g/mol. The standard InChI is InChI=1S/C17H27N3O2/c1-13-10-16(22-18-13)12-20-8-6-14(7-9-20)11-19(2)17(21)15-4-3-5-15/h10,14-15H,3-9,11-12H2,1-2H3. The van der Waals surface area contributed by atoms with Gasteiger partial charge in [-0.05, 0) is 51.6 Å². The summed E-state index contributed by atoms with van der Waals surface area (Å²) in [5.41, 5.74) is 0.945. The van der Waals surface area contributed by atoms with E-state index < -0.39 is 0 Å². The van der Waals surface area contributed by atoms with Crippen LogP contribution < -0.4 is 0 Å². The summed E-state index contributed by atoms with van der Waals surface area (Å²) >= 11 is 0. The van der Waals surface area contributed by atoms with E-state index in [9.17, 15) is 4.79 Å². The molecule has 0 atom stereocenters. The van der Waals surface area contributed by atoms with Gasteiger partial charge in [-0.2, -0.15) is 0 Å². The van der Waals surface area contributed by atoms with Crippen LogP contribution in [0.5, 0.6) is 0 Å². The summed E-state index contributed by atoms with van der Waals surface area (Å²) < 4.78 is 5.29. The smallest absolute Gasteiger partial charge is 0.225 e. The number of hydrogen-bond donors (Lipinski definition) is 0. The number of aromatic nitrogens is 1. The summed E-state index contributed by atoms with van der Waals surface area (Å²) in [6.45, 7) is 5.88. The number of nitrogens with zero attached hydrogens (tertiary/aromatic N) is 3. The van der Waals surface area contributed by atoms with Crippen LogP contribution in [0.4, 0.5) is 0 Å². The van der Waals surface area contributed by atoms with E-state index in [1.807, 2.05) is 24.9 Å². The number of carbonyl (C=O) groups is 1. The van der Waals surface area contributed by atoms with E-state index in [-0.39, 0.29) is 0 Å². The molecule has 1 aromatic rings. The van der Waals surface area contributed by atoms with Crippen LogP contribution in [0.1, 0.15) is 43.6 Å². The van der Waals surface area contributed by atoms with Gasteiger partial charge in [0.2, 0.25) is 5.91 Å². The zero-order valence-electron chi connectivity index (χ0n) is 13.8. The molecule has 2 heterocycles. The number of piperidine rings is 1. The van der Waals surface area contributed by atoms with Gasteiger partial charge in [0.25, 0.3) is 0 Å². The molecule has 1 aromatic heterocycles. The van der Waals surface area contributed by atoms with Crippen LogP contribution in [0.15, 0.2) is 10.6 Å². The van der Waals surface area contributed by atoms with Crippen molar-refractivity contribution in [3.8, 4) is 0 Å². The third-order valence-corrected chi connectivity index (χ3v) is 5.13. The van der Waals surface area contributed by atoms with Crippen molar-refractivity contribution in [1.29, 1.82) is 0 Å². The highest BCUT2D eigenvalue weighted by molar-refractivity contribution is 5.79. The van der Waals surface area contributed by atoms with Gasteiger partial charge in [0.05, 0.1) is 12.2 Å². The number of likely N-dealkylation sites (tertiary alicyclic amines) is 1. The van der Waals surface area contributed by atoms with Crippen molar-refractivity contribution in [2.45, 2.75) is 45.6 Å². The molecule has 0 bridgehead atoms. The number of hydrogen-bond acceptors (Lipinski definition) is 4. The molecule has 122 valence electrons. The van der Waals surface area contributed by atoms with Crippen molar-refractivity contribution in [3.63, 3.8) is 0 Å². The highest BCUT2D eigenvalue weighted by atomic mass is 16.5. The normalized spacial score (nSPS) is 20.8. The maximum atomic E-state index is 12.2. The van der Waals surface area contributed by atoms with E-state index in [0.717, 1.165) is 63.3 Å². The van der Waals surface area contributed by atoms with Crippen LogP contribution in [-0.4, -0.2) is 47.5 Å². The van der Waals surface area contributed by atoms with Gasteiger partial charge in [-0.15, -0.1) is 0 Å². The first-order valence-electron chi connectivity index (χ1n) is 8.51. The van der Waals surface area contributed by atoms with Gasteiger partial charge in [-0.3, -0.25) is 9.69 Å². The topological polar surface area (TPSA) is 49.6 Å². The second kappa shape index (κ2) is 6.82. The minimum absolute atomic E-state index is 0.319. The lowest BCUT2D eigenvalue weighted by Gasteiger charge is -2.35. The highest BCUT2D eigenvalue weighted by Crippen LogP contribution is 2.29. The predicted octanol–water partition coefficient (Wildman–Crippen LogP) is 2.45. The van der Waals surface area contributed by atoms with Crippen molar-refractivity contribution in [1.82, 2.24) is 15.0 Å². The summed E-state index contributed by atoms with van der Waals surface area (Å²) in [4.78, 5) is 16.6. The fourth-order valence-corrected chi connectivity index (χ4v) is 3.48. The fourth-order valence-electron chi connectivity index (χ4n) is 3.48. The lowest BCUT2D eigenvalue weighted by molar-refractivity contribution is -0.137. The summed E-state index contributed by atoms with van der Waals surface area (Å²) in [6.07, 6.45) is 5.74. The number of carbonyl (C=O) groups excluding carboxylic acids is 1. The Morgan fingerprint density at radius 2 is 2.09 bits per heavy atom. The molecule has 0 aromatic carbocycles. The van der Waals surface area contributed by atoms with E-state index in [4.69, 9.17) is 4.52 Å². The quantitative estimate of drug-likeness (QED) is 0.838. The van der Waals surface area contributed by atoms with Crippen molar-refractivity contribution in [2.75, 3.05) is 26.7 Å². The van der Waals surface area contributed by atoms with Crippen molar-refractivity contribution < 1.29 is 9.32 Å². The number of aryl methyl sites for hydroxylation is 1. The first-order valence-corrected chi connectivity index (χ1v) is 8.51. The van der Waals surface area contributed by atoms with Crippen molar-refractivity contribution >= 4 is 5.91 Å². The summed E-state index contributed by atoms with van der Waals surface area (Å²) in [7, 11) is 1.98. The van der Waals surface area contributed by atoms with Crippen LogP contribution in [0.2, 0.25) is 0 Å². The van der Waals surface area contributed by atoms with E-state index >= 15 is 0 Å². The van der Waals surface area contributed by atoms with Crippen LogP contribution in [0.25, 0.3) is 0 Å². The van der Waals surface area contributed by atoms with Gasteiger partial charge in [-0.25, -0.2) is 0 Å². The summed E-state index contributed by atoms with van der Waals surface area (Å²) in [5, 5.41) is 3.94. The third-order valence-electron chi connectivity index (χ3n) is 5.13. The Labute approximate surface area is 132 Å². The second-order valence-electron chi connectivity index (χ2n) is 7.00. The average Bonchev–Trinajstić information content (AvgIpc) is 2.84. The molecule has 1 saturated carbocycles. The third kappa shape index (κ3) is 3.69. The van der Waals surface area contributed by atoms with Gasteiger partial charge in [0.1, 0.15) is 0 Å². The maximum absolute atomic E-state index is 12.2. The van der Waals surface area contributed by atoms with Crippen molar-refractivity contribution in [3.05, 3.63) is 17.5 Å². The molecule has 1 aliphatic carbocycles. The molecule has 5 heteroatoms. The molecule has 5 nitrogen and oxygen atoms in total. The number of rotatable bonds is 5. The van der Waals surface area contributed by atoms with E-state index in [1.165, 1.54) is 6.42 Å². The SMILES string of the molecule is Cc1cc(CN2CCC(CN(C)C(=O)C3CCC3)CC2)on1. The zero-order chi connectivity index (χ0) is 15.5. The molecule has 0 radical (unpaired) electrons. The Bertz CT molecular complexity index is 502. The fraction of sp³-hybridized carbons (Fsp3) is 0.765. The molecule has 2 aliphatic rings. The first kappa shape index (κ1) is 15.5. The zero-order valence-corrected chi connectivity index (χ0v) is 13.8. The monoisotopic (exact) mass is 305 g/mol. The highest BCUT2D eigenvalue weighted by Gasteiger charge is 2.29. The average molecular weight is 305 g/mol. The molecule has 0 spiro atoms. The van der Waals surface area contributed by atoms with Gasteiger partial charge in [-0.1, -0.05) is 11.6 Å². The molecule has 22 heavy (non-hydrogen) atoms. The summed E-state index contributed by atoms with van der Waals surface area (Å²) in [5.74, 6) is 2.28. The molecule has 1 aliphatic heterocycles. The Morgan fingerprint density at radius 1 is 1.36 bits per heavy atom. The molecule has 1 saturated heterocycles. The summed E-state index contributed by atoms with van der Waals surface area (Å²) in [6, 6.07) is 2.01. The van der Waals surface area contributed by atoms with Crippen LogP contribution in [0.3, 0.4) is 0 Å². The molecular formula is C17H27N3O2. The lowest BCUT2D eigenvalue weighted by atomic mass is 9.84. The Hall–Kier alpha value is -1.36. The lowest BCUT2D eigenvalue weighted by Crippen LogP contribution is -2.42. The number of amides is 1. The van der Waals surface area contributed by atoms with Crippen LogP contribution in [0, 0.1) is 18.8 Å². The minimum Gasteiger partial charge on any atom is -0.360 e. The molecule has 0 unspecified atom stereocenters. The second-order valence-corrected chi connectivity index (χ2v) is 7.00. The van der Waals surface area contributed by atoms with Gasteiger partial charge in [0.15, 0.2) is 5.76 Å². The Morgan fingerprint density at radius 3 is 2.64 bits per heavy atom. The Balaban J connectivity index is 1.40. The van der Waals surface area contributed by atoms with E-state index in [1.54, 1.807) is 0 Å².